The van der Waals surface area contributed by atoms with Crippen LogP contribution in [0.2, 0.25) is 0 Å². The molecule has 1 aromatic rings. The van der Waals surface area contributed by atoms with Crippen molar-refractivity contribution in [2.24, 2.45) is 0 Å². The zero-order chi connectivity index (χ0) is 12.5. The first-order valence-corrected chi connectivity index (χ1v) is 6.81. The maximum atomic E-state index is 3.54. The van der Waals surface area contributed by atoms with Crippen LogP contribution in [0.15, 0.2) is 30.3 Å². The number of anilines is 1. The highest BCUT2D eigenvalue weighted by atomic mass is 15.1. The molecule has 0 aliphatic carbocycles. The van der Waals surface area contributed by atoms with Crippen LogP contribution >= 0.6 is 0 Å². The van der Waals surface area contributed by atoms with Gasteiger partial charge in [-0.05, 0) is 45.4 Å². The molecule has 0 saturated heterocycles. The van der Waals surface area contributed by atoms with Gasteiger partial charge in [0.05, 0.1) is 0 Å². The van der Waals surface area contributed by atoms with Crippen molar-refractivity contribution in [2.75, 3.05) is 24.5 Å². The van der Waals surface area contributed by atoms with Crippen LogP contribution in [0.5, 0.6) is 0 Å². The standard InChI is InChI=1S/C15H26N2/c1-4-12-16-14(3)11-13-17(5-2)15-9-7-6-8-10-15/h6-10,14,16H,4-5,11-13H2,1-3H3. The summed E-state index contributed by atoms with van der Waals surface area (Å²) in [5, 5.41) is 3.54. The van der Waals surface area contributed by atoms with Gasteiger partial charge < -0.3 is 10.2 Å². The van der Waals surface area contributed by atoms with Crippen molar-refractivity contribution in [3.63, 3.8) is 0 Å². The Morgan fingerprint density at radius 3 is 2.47 bits per heavy atom. The Bertz CT molecular complexity index is 284. The number of hydrogen-bond acceptors (Lipinski definition) is 2. The van der Waals surface area contributed by atoms with Gasteiger partial charge in [0.15, 0.2) is 0 Å². The predicted octanol–water partition coefficient (Wildman–Crippen LogP) is 3.29. The molecule has 2 nitrogen and oxygen atoms in total. The lowest BCUT2D eigenvalue weighted by Crippen LogP contribution is -2.32. The molecule has 0 spiro atoms. The van der Waals surface area contributed by atoms with Gasteiger partial charge in [0.2, 0.25) is 0 Å². The van der Waals surface area contributed by atoms with Crippen LogP contribution in [0.3, 0.4) is 0 Å². The van der Waals surface area contributed by atoms with Crippen molar-refractivity contribution >= 4 is 5.69 Å². The van der Waals surface area contributed by atoms with E-state index in [0.29, 0.717) is 6.04 Å². The smallest absolute Gasteiger partial charge is 0.0366 e. The molecule has 1 rings (SSSR count). The summed E-state index contributed by atoms with van der Waals surface area (Å²) in [7, 11) is 0. The number of nitrogens with zero attached hydrogens (tertiary/aromatic N) is 1. The Morgan fingerprint density at radius 1 is 1.18 bits per heavy atom. The van der Waals surface area contributed by atoms with E-state index in [1.54, 1.807) is 0 Å². The quantitative estimate of drug-likeness (QED) is 0.742. The minimum absolute atomic E-state index is 0.604. The van der Waals surface area contributed by atoms with E-state index >= 15 is 0 Å². The van der Waals surface area contributed by atoms with Crippen LogP contribution in [0.25, 0.3) is 0 Å². The molecule has 1 aromatic carbocycles. The fourth-order valence-corrected chi connectivity index (χ4v) is 1.95. The largest absolute Gasteiger partial charge is 0.372 e. The monoisotopic (exact) mass is 234 g/mol. The van der Waals surface area contributed by atoms with Gasteiger partial charge >= 0.3 is 0 Å². The fourth-order valence-electron chi connectivity index (χ4n) is 1.95. The second kappa shape index (κ2) is 8.13. The van der Waals surface area contributed by atoms with Crippen molar-refractivity contribution in [3.05, 3.63) is 30.3 Å². The molecule has 0 heterocycles. The number of para-hydroxylation sites is 1. The molecule has 0 amide bonds. The molecular weight excluding hydrogens is 208 g/mol. The summed E-state index contributed by atoms with van der Waals surface area (Å²) >= 11 is 0. The first-order valence-electron chi connectivity index (χ1n) is 6.81. The molecular formula is C15H26N2. The normalized spacial score (nSPS) is 12.4. The lowest BCUT2D eigenvalue weighted by atomic mass is 10.2. The average molecular weight is 234 g/mol. The highest BCUT2D eigenvalue weighted by Crippen LogP contribution is 2.13. The Morgan fingerprint density at radius 2 is 1.88 bits per heavy atom. The van der Waals surface area contributed by atoms with E-state index in [-0.39, 0.29) is 0 Å². The molecule has 0 aliphatic heterocycles. The van der Waals surface area contributed by atoms with Gasteiger partial charge in [-0.15, -0.1) is 0 Å². The molecule has 1 unspecified atom stereocenters. The number of rotatable bonds is 8. The van der Waals surface area contributed by atoms with E-state index in [0.717, 1.165) is 19.6 Å². The summed E-state index contributed by atoms with van der Waals surface area (Å²) in [4.78, 5) is 2.43. The Labute approximate surface area is 106 Å². The highest BCUT2D eigenvalue weighted by molar-refractivity contribution is 5.45. The first-order chi connectivity index (χ1) is 8.27. The van der Waals surface area contributed by atoms with Gasteiger partial charge in [-0.25, -0.2) is 0 Å². The summed E-state index contributed by atoms with van der Waals surface area (Å²) in [5.41, 5.74) is 1.33. The molecule has 0 radical (unpaired) electrons. The molecule has 0 aromatic heterocycles. The van der Waals surface area contributed by atoms with Crippen LogP contribution < -0.4 is 10.2 Å². The maximum absolute atomic E-state index is 3.54. The molecule has 0 fully saturated rings. The zero-order valence-corrected chi connectivity index (χ0v) is 11.4. The Balaban J connectivity index is 2.38. The van der Waals surface area contributed by atoms with Crippen LogP contribution in [0, 0.1) is 0 Å². The second-order valence-corrected chi connectivity index (χ2v) is 4.56. The average Bonchev–Trinajstić information content (AvgIpc) is 2.38. The molecule has 17 heavy (non-hydrogen) atoms. The Kier molecular flexibility index (Phi) is 6.71. The van der Waals surface area contributed by atoms with E-state index in [2.05, 4.69) is 61.3 Å². The van der Waals surface area contributed by atoms with Crippen molar-refractivity contribution in [3.8, 4) is 0 Å². The van der Waals surface area contributed by atoms with E-state index in [1.165, 1.54) is 18.5 Å². The number of benzene rings is 1. The molecule has 0 bridgehead atoms. The van der Waals surface area contributed by atoms with Gasteiger partial charge in [0.1, 0.15) is 0 Å². The first kappa shape index (κ1) is 14.0. The van der Waals surface area contributed by atoms with Gasteiger partial charge in [0, 0.05) is 24.8 Å². The van der Waals surface area contributed by atoms with Gasteiger partial charge in [-0.2, -0.15) is 0 Å². The predicted molar refractivity (Wildman–Crippen MR) is 76.7 cm³/mol. The zero-order valence-electron chi connectivity index (χ0n) is 11.4. The summed E-state index contributed by atoms with van der Waals surface area (Å²) in [6.07, 6.45) is 2.41. The van der Waals surface area contributed by atoms with E-state index < -0.39 is 0 Å². The lowest BCUT2D eigenvalue weighted by Gasteiger charge is -2.25. The number of hydrogen-bond donors (Lipinski definition) is 1. The van der Waals surface area contributed by atoms with Crippen molar-refractivity contribution in [1.82, 2.24) is 5.32 Å². The van der Waals surface area contributed by atoms with Crippen molar-refractivity contribution in [1.29, 1.82) is 0 Å². The Hall–Kier alpha value is -1.02. The van der Waals surface area contributed by atoms with E-state index in [1.807, 2.05) is 0 Å². The molecule has 1 N–H and O–H groups in total. The molecule has 1 atom stereocenters. The van der Waals surface area contributed by atoms with Crippen molar-refractivity contribution < 1.29 is 0 Å². The lowest BCUT2D eigenvalue weighted by molar-refractivity contribution is 0.511. The van der Waals surface area contributed by atoms with Crippen LogP contribution in [-0.2, 0) is 0 Å². The third-order valence-electron chi connectivity index (χ3n) is 3.08. The second-order valence-electron chi connectivity index (χ2n) is 4.56. The minimum Gasteiger partial charge on any atom is -0.372 e. The minimum atomic E-state index is 0.604. The summed E-state index contributed by atoms with van der Waals surface area (Å²) in [6, 6.07) is 11.3. The van der Waals surface area contributed by atoms with Crippen LogP contribution in [0.4, 0.5) is 5.69 Å². The fraction of sp³-hybridized carbons (Fsp3) is 0.600. The third kappa shape index (κ3) is 5.22. The molecule has 0 saturated carbocycles. The van der Waals surface area contributed by atoms with Crippen LogP contribution in [-0.4, -0.2) is 25.7 Å². The summed E-state index contributed by atoms with van der Waals surface area (Å²) in [5.74, 6) is 0. The number of nitrogens with one attached hydrogen (secondary N) is 1. The molecule has 0 aliphatic rings. The van der Waals surface area contributed by atoms with Crippen LogP contribution in [0.1, 0.15) is 33.6 Å². The third-order valence-corrected chi connectivity index (χ3v) is 3.08. The van der Waals surface area contributed by atoms with E-state index in [4.69, 9.17) is 0 Å². The summed E-state index contributed by atoms with van der Waals surface area (Å²) < 4.78 is 0. The maximum Gasteiger partial charge on any atom is 0.0366 e. The highest BCUT2D eigenvalue weighted by Gasteiger charge is 2.06. The summed E-state index contributed by atoms with van der Waals surface area (Å²) in [6.45, 7) is 10.0. The van der Waals surface area contributed by atoms with Crippen molar-refractivity contribution in [2.45, 2.75) is 39.7 Å². The SMILES string of the molecule is CCCNC(C)CCN(CC)c1ccccc1. The van der Waals surface area contributed by atoms with Gasteiger partial charge in [0.25, 0.3) is 0 Å². The van der Waals surface area contributed by atoms with Gasteiger partial charge in [-0.1, -0.05) is 25.1 Å². The topological polar surface area (TPSA) is 15.3 Å². The molecule has 96 valence electrons. The molecule has 2 heteroatoms. The van der Waals surface area contributed by atoms with E-state index in [9.17, 15) is 0 Å². The van der Waals surface area contributed by atoms with Gasteiger partial charge in [-0.3, -0.25) is 0 Å².